The topological polar surface area (TPSA) is 73.6 Å². The van der Waals surface area contributed by atoms with Crippen molar-refractivity contribution in [2.75, 3.05) is 19.3 Å². The minimum Gasteiger partial charge on any atom is -0.400 e. The van der Waals surface area contributed by atoms with Crippen LogP contribution in [0.3, 0.4) is 0 Å². The second-order valence-electron chi connectivity index (χ2n) is 8.38. The van der Waals surface area contributed by atoms with E-state index in [1.165, 1.54) is 0 Å². The van der Waals surface area contributed by atoms with Crippen molar-refractivity contribution in [2.24, 2.45) is 0 Å². The fourth-order valence-electron chi connectivity index (χ4n) is 3.22. The van der Waals surface area contributed by atoms with Gasteiger partial charge in [-0.05, 0) is 57.9 Å². The Balaban J connectivity index is 1.94. The molecule has 0 spiro atoms. The van der Waals surface area contributed by atoms with Crippen LogP contribution in [-0.2, 0) is 9.31 Å². The number of hydrogen-bond donors (Lipinski definition) is 2. The molecule has 29 heavy (non-hydrogen) atoms. The van der Waals surface area contributed by atoms with Crippen LogP contribution in [0.2, 0.25) is 0 Å². The van der Waals surface area contributed by atoms with E-state index in [-0.39, 0.29) is 5.78 Å². The first kappa shape index (κ1) is 21.3. The number of nitrogens with one attached hydrogen (secondary N) is 1. The summed E-state index contributed by atoms with van der Waals surface area (Å²) in [5, 5.41) is 3.17. The van der Waals surface area contributed by atoms with Gasteiger partial charge in [-0.25, -0.2) is 0 Å². The highest BCUT2D eigenvalue weighted by molar-refractivity contribution is 6.56. The van der Waals surface area contributed by atoms with Gasteiger partial charge < -0.3 is 20.4 Å². The highest BCUT2D eigenvalue weighted by Crippen LogP contribution is 2.38. The Morgan fingerprint density at radius 1 is 1.07 bits per heavy atom. The van der Waals surface area contributed by atoms with E-state index >= 15 is 0 Å². The van der Waals surface area contributed by atoms with Crippen LogP contribution in [-0.4, -0.2) is 37.7 Å². The molecule has 3 N–H and O–H groups in total. The van der Waals surface area contributed by atoms with E-state index in [0.717, 1.165) is 11.0 Å². The van der Waals surface area contributed by atoms with E-state index in [9.17, 15) is 4.79 Å². The quantitative estimate of drug-likeness (QED) is 0.445. The zero-order chi connectivity index (χ0) is 21.2. The molecule has 0 saturated carbocycles. The monoisotopic (exact) mass is 392 g/mol. The fraction of sp³-hybridized carbons (Fsp3) is 0.348. The van der Waals surface area contributed by atoms with Crippen molar-refractivity contribution in [2.45, 2.75) is 38.9 Å². The molecule has 1 aliphatic rings. The van der Waals surface area contributed by atoms with Crippen molar-refractivity contribution in [3.63, 3.8) is 0 Å². The zero-order valence-electron chi connectivity index (χ0n) is 17.8. The van der Waals surface area contributed by atoms with Crippen molar-refractivity contribution in [1.82, 2.24) is 5.32 Å². The van der Waals surface area contributed by atoms with Gasteiger partial charge in [-0.3, -0.25) is 4.79 Å². The standard InChI is InChI=1S/C23H29BN2O3/c1-22(2)23(3,4)29-24(28-22)18(15-26-5)13-16-11-12-20(25)19(14-16)21(27)17-9-7-6-8-10-17/h6-14,26H,15,25H2,1-5H3. The van der Waals surface area contributed by atoms with Crippen molar-refractivity contribution in [3.05, 3.63) is 70.7 Å². The van der Waals surface area contributed by atoms with Gasteiger partial charge in [0.1, 0.15) is 0 Å². The second-order valence-corrected chi connectivity index (χ2v) is 8.38. The molecule has 6 heteroatoms. The highest BCUT2D eigenvalue weighted by atomic mass is 16.7. The molecule has 1 fully saturated rings. The fourth-order valence-corrected chi connectivity index (χ4v) is 3.22. The van der Waals surface area contributed by atoms with Gasteiger partial charge in [-0.15, -0.1) is 0 Å². The summed E-state index contributed by atoms with van der Waals surface area (Å²) in [5.41, 5.74) is 8.66. The average molecular weight is 392 g/mol. The predicted molar refractivity (Wildman–Crippen MR) is 119 cm³/mol. The lowest BCUT2D eigenvalue weighted by Gasteiger charge is -2.32. The van der Waals surface area contributed by atoms with Gasteiger partial charge in [0.05, 0.1) is 11.2 Å². The highest BCUT2D eigenvalue weighted by Gasteiger charge is 2.52. The lowest BCUT2D eigenvalue weighted by molar-refractivity contribution is 0.00578. The molecule has 2 aromatic carbocycles. The smallest absolute Gasteiger partial charge is 0.400 e. The van der Waals surface area contributed by atoms with Crippen LogP contribution >= 0.6 is 0 Å². The maximum Gasteiger partial charge on any atom is 0.491 e. The van der Waals surface area contributed by atoms with Crippen molar-refractivity contribution in [1.29, 1.82) is 0 Å². The molecule has 0 bridgehead atoms. The molecule has 0 atom stereocenters. The van der Waals surface area contributed by atoms with Crippen LogP contribution in [0, 0.1) is 0 Å². The molecule has 5 nitrogen and oxygen atoms in total. The average Bonchev–Trinajstić information content (AvgIpc) is 2.90. The summed E-state index contributed by atoms with van der Waals surface area (Å²) < 4.78 is 12.4. The van der Waals surface area contributed by atoms with Crippen molar-refractivity contribution >= 4 is 24.7 Å². The van der Waals surface area contributed by atoms with Gasteiger partial charge in [-0.1, -0.05) is 42.5 Å². The first-order valence-electron chi connectivity index (χ1n) is 9.84. The number of carbonyl (C=O) groups is 1. The van der Waals surface area contributed by atoms with E-state index < -0.39 is 18.3 Å². The molecule has 152 valence electrons. The van der Waals surface area contributed by atoms with Gasteiger partial charge in [0, 0.05) is 23.4 Å². The van der Waals surface area contributed by atoms with Crippen LogP contribution in [0.15, 0.2) is 54.0 Å². The number of hydrogen-bond acceptors (Lipinski definition) is 5. The Kier molecular flexibility index (Phi) is 5.99. The molecule has 3 rings (SSSR count). The van der Waals surface area contributed by atoms with E-state index in [4.69, 9.17) is 15.0 Å². The second kappa shape index (κ2) is 8.15. The van der Waals surface area contributed by atoms with Gasteiger partial charge in [0.2, 0.25) is 0 Å². The lowest BCUT2D eigenvalue weighted by Crippen LogP contribution is -2.41. The third-order valence-corrected chi connectivity index (χ3v) is 5.65. The molecule has 0 unspecified atom stereocenters. The maximum atomic E-state index is 12.9. The van der Waals surface area contributed by atoms with Crippen LogP contribution in [0.25, 0.3) is 6.08 Å². The van der Waals surface area contributed by atoms with E-state index in [1.54, 1.807) is 18.2 Å². The molecule has 0 amide bonds. The van der Waals surface area contributed by atoms with Gasteiger partial charge in [0.15, 0.2) is 5.78 Å². The van der Waals surface area contributed by atoms with Crippen LogP contribution in [0.1, 0.15) is 49.2 Å². The maximum absolute atomic E-state index is 12.9. The summed E-state index contributed by atoms with van der Waals surface area (Å²) in [4.78, 5) is 12.9. The summed E-state index contributed by atoms with van der Waals surface area (Å²) >= 11 is 0. The largest absolute Gasteiger partial charge is 0.491 e. The molecule has 1 aliphatic heterocycles. The summed E-state index contributed by atoms with van der Waals surface area (Å²) in [6, 6.07) is 14.6. The number of nitrogen functional groups attached to an aromatic ring is 1. The summed E-state index contributed by atoms with van der Waals surface area (Å²) in [7, 11) is 1.42. The normalized spacial score (nSPS) is 18.1. The number of carbonyl (C=O) groups excluding carboxylic acids is 1. The van der Waals surface area contributed by atoms with E-state index in [2.05, 4.69) is 5.32 Å². The van der Waals surface area contributed by atoms with Gasteiger partial charge in [0.25, 0.3) is 0 Å². The SMILES string of the molecule is CNCC(=Cc1ccc(N)c(C(=O)c2ccccc2)c1)B1OC(C)(C)C(C)(C)O1. The van der Waals surface area contributed by atoms with E-state index in [0.29, 0.717) is 23.4 Å². The first-order chi connectivity index (χ1) is 13.6. The Morgan fingerprint density at radius 2 is 1.69 bits per heavy atom. The predicted octanol–water partition coefficient (Wildman–Crippen LogP) is 3.73. The van der Waals surface area contributed by atoms with Crippen LogP contribution in [0.5, 0.6) is 0 Å². The van der Waals surface area contributed by atoms with Crippen LogP contribution < -0.4 is 11.1 Å². The van der Waals surface area contributed by atoms with Crippen molar-refractivity contribution in [3.8, 4) is 0 Å². The van der Waals surface area contributed by atoms with Crippen molar-refractivity contribution < 1.29 is 14.1 Å². The molecule has 2 aromatic rings. The lowest BCUT2D eigenvalue weighted by atomic mass is 9.77. The number of rotatable bonds is 6. The molecule has 1 saturated heterocycles. The first-order valence-corrected chi connectivity index (χ1v) is 9.84. The third-order valence-electron chi connectivity index (χ3n) is 5.65. The van der Waals surface area contributed by atoms with Gasteiger partial charge >= 0.3 is 7.12 Å². The Hall–Kier alpha value is -2.41. The molecular weight excluding hydrogens is 363 g/mol. The Morgan fingerprint density at radius 3 is 2.28 bits per heavy atom. The summed E-state index contributed by atoms with van der Waals surface area (Å²) in [6.45, 7) is 8.73. The summed E-state index contributed by atoms with van der Waals surface area (Å²) in [5.74, 6) is -0.0934. The minimum atomic E-state index is -0.460. The minimum absolute atomic E-state index is 0.0934. The van der Waals surface area contributed by atoms with E-state index in [1.807, 2.05) is 71.2 Å². The Labute approximate surface area is 173 Å². The Bertz CT molecular complexity index is 907. The van der Waals surface area contributed by atoms with Crippen LogP contribution in [0.4, 0.5) is 5.69 Å². The molecule has 0 radical (unpaired) electrons. The van der Waals surface area contributed by atoms with Gasteiger partial charge in [-0.2, -0.15) is 0 Å². The third kappa shape index (κ3) is 4.45. The molecular formula is C23H29BN2O3. The summed E-state index contributed by atoms with van der Waals surface area (Å²) in [6.07, 6.45) is 2.00. The molecule has 1 heterocycles. The molecule has 0 aromatic heterocycles. The number of nitrogens with two attached hydrogens (primary N) is 1. The number of ketones is 1. The number of likely N-dealkylation sites (N-methyl/N-ethyl adjacent to an activating group) is 1. The number of anilines is 1. The molecule has 0 aliphatic carbocycles. The number of benzene rings is 2. The zero-order valence-corrected chi connectivity index (χ0v) is 17.8.